The molecule has 2 heteroatoms. The Labute approximate surface area is 137 Å². The van der Waals surface area contributed by atoms with Gasteiger partial charge in [-0.1, -0.05) is 96.8 Å². The van der Waals surface area contributed by atoms with Crippen LogP contribution in [0.2, 0.25) is 0 Å². The van der Waals surface area contributed by atoms with Crippen LogP contribution in [0, 0.1) is 5.92 Å². The summed E-state index contributed by atoms with van der Waals surface area (Å²) in [5.74, 6) is -0.0213. The lowest BCUT2D eigenvalue weighted by molar-refractivity contribution is -0.139. The minimum Gasteiger partial charge on any atom is -0.434 e. The van der Waals surface area contributed by atoms with Crippen LogP contribution < -0.4 is 0 Å². The highest BCUT2D eigenvalue weighted by Gasteiger charge is 2.20. The van der Waals surface area contributed by atoms with E-state index >= 15 is 0 Å². The Morgan fingerprint density at radius 3 is 1.64 bits per heavy atom. The molecule has 2 nitrogen and oxygen atoms in total. The lowest BCUT2D eigenvalue weighted by Gasteiger charge is -2.05. The van der Waals surface area contributed by atoms with Gasteiger partial charge in [0.25, 0.3) is 0 Å². The lowest BCUT2D eigenvalue weighted by atomic mass is 10.0. The van der Waals surface area contributed by atoms with Gasteiger partial charge < -0.3 is 4.74 Å². The van der Waals surface area contributed by atoms with Crippen LogP contribution in [0.5, 0.6) is 0 Å². The predicted molar refractivity (Wildman–Crippen MR) is 93.7 cm³/mol. The van der Waals surface area contributed by atoms with Crippen molar-refractivity contribution < 1.29 is 9.53 Å². The van der Waals surface area contributed by atoms with Gasteiger partial charge in [-0.05, 0) is 12.5 Å². The fourth-order valence-corrected chi connectivity index (χ4v) is 3.14. The van der Waals surface area contributed by atoms with Crippen LogP contribution in [0.15, 0.2) is 12.3 Å². The Balaban J connectivity index is 1.71. The second-order valence-electron chi connectivity index (χ2n) is 6.76. The third kappa shape index (κ3) is 10.0. The average Bonchev–Trinajstić information content (AvgIpc) is 2.93. The van der Waals surface area contributed by atoms with E-state index in [2.05, 4.69) is 6.92 Å². The first-order chi connectivity index (χ1) is 10.8. The van der Waals surface area contributed by atoms with Gasteiger partial charge in [0, 0.05) is 0 Å². The molecule has 1 aliphatic rings. The summed E-state index contributed by atoms with van der Waals surface area (Å²) in [7, 11) is 0. The maximum Gasteiger partial charge on any atom is 0.317 e. The van der Waals surface area contributed by atoms with Crippen molar-refractivity contribution in [3.8, 4) is 0 Å². The van der Waals surface area contributed by atoms with Gasteiger partial charge in [-0.15, -0.1) is 0 Å². The molecule has 1 aliphatic heterocycles. The van der Waals surface area contributed by atoms with Gasteiger partial charge in [0.2, 0.25) is 0 Å². The molecule has 0 aromatic heterocycles. The summed E-state index contributed by atoms with van der Waals surface area (Å²) in [5, 5.41) is 0. The monoisotopic (exact) mass is 308 g/mol. The Morgan fingerprint density at radius 1 is 0.773 bits per heavy atom. The van der Waals surface area contributed by atoms with E-state index in [0.717, 1.165) is 12.8 Å². The quantitative estimate of drug-likeness (QED) is 0.253. The molecule has 1 heterocycles. The Morgan fingerprint density at radius 2 is 1.23 bits per heavy atom. The first-order valence-electron chi connectivity index (χ1n) is 9.71. The average molecular weight is 309 g/mol. The maximum absolute atomic E-state index is 11.3. The van der Waals surface area contributed by atoms with Crippen LogP contribution in [0.3, 0.4) is 0 Å². The molecule has 0 fully saturated rings. The zero-order chi connectivity index (χ0) is 15.9. The summed E-state index contributed by atoms with van der Waals surface area (Å²) in [5.41, 5.74) is 0. The zero-order valence-corrected chi connectivity index (χ0v) is 14.7. The van der Waals surface area contributed by atoms with Crippen molar-refractivity contribution in [3.05, 3.63) is 12.3 Å². The molecule has 0 aromatic rings. The number of hydrogen-bond donors (Lipinski definition) is 0. The van der Waals surface area contributed by atoms with Crippen LogP contribution >= 0.6 is 0 Å². The van der Waals surface area contributed by atoms with Gasteiger partial charge >= 0.3 is 5.97 Å². The summed E-state index contributed by atoms with van der Waals surface area (Å²) in [6.45, 7) is 2.28. The van der Waals surface area contributed by atoms with Crippen LogP contribution in [0.25, 0.3) is 0 Å². The minimum absolute atomic E-state index is 0.0392. The van der Waals surface area contributed by atoms with E-state index in [-0.39, 0.29) is 11.9 Å². The number of esters is 1. The number of hydrogen-bond acceptors (Lipinski definition) is 2. The summed E-state index contributed by atoms with van der Waals surface area (Å²) < 4.78 is 4.82. The van der Waals surface area contributed by atoms with E-state index in [1.165, 1.54) is 89.7 Å². The van der Waals surface area contributed by atoms with Crippen LogP contribution in [0.1, 0.15) is 103 Å². The Bertz CT molecular complexity index is 296. The first-order valence-corrected chi connectivity index (χ1v) is 9.71. The Hall–Kier alpha value is -0.790. The minimum atomic E-state index is -0.0605. The van der Waals surface area contributed by atoms with Gasteiger partial charge in [-0.25, -0.2) is 0 Å². The highest BCUT2D eigenvalue weighted by molar-refractivity contribution is 5.77. The number of unbranched alkanes of at least 4 members (excludes halogenated alkanes) is 13. The fraction of sp³-hybridized carbons (Fsp3) is 0.850. The molecule has 0 spiro atoms. The molecule has 0 radical (unpaired) electrons. The molecule has 0 N–H and O–H groups in total. The summed E-state index contributed by atoms with van der Waals surface area (Å²) in [6.07, 6.45) is 23.7. The second kappa shape index (κ2) is 13.8. The molecule has 0 aliphatic carbocycles. The molecule has 0 saturated heterocycles. The molecule has 1 atom stereocenters. The van der Waals surface area contributed by atoms with E-state index in [0.29, 0.717) is 0 Å². The zero-order valence-electron chi connectivity index (χ0n) is 14.7. The van der Waals surface area contributed by atoms with E-state index < -0.39 is 0 Å². The van der Waals surface area contributed by atoms with Crippen LogP contribution in [-0.4, -0.2) is 5.97 Å². The lowest BCUT2D eigenvalue weighted by Crippen LogP contribution is -2.07. The van der Waals surface area contributed by atoms with Gasteiger partial charge in [-0.3, -0.25) is 4.79 Å². The first kappa shape index (κ1) is 19.3. The summed E-state index contributed by atoms with van der Waals surface area (Å²) >= 11 is 0. The van der Waals surface area contributed by atoms with E-state index in [9.17, 15) is 4.79 Å². The largest absolute Gasteiger partial charge is 0.434 e. The third-order valence-corrected chi connectivity index (χ3v) is 4.67. The normalized spacial score (nSPS) is 17.1. The topological polar surface area (TPSA) is 26.3 Å². The van der Waals surface area contributed by atoms with Crippen molar-refractivity contribution in [2.75, 3.05) is 0 Å². The summed E-state index contributed by atoms with van der Waals surface area (Å²) in [4.78, 5) is 11.3. The molecule has 0 bridgehead atoms. The van der Waals surface area contributed by atoms with Crippen molar-refractivity contribution in [1.29, 1.82) is 0 Å². The molecule has 0 saturated carbocycles. The van der Waals surface area contributed by atoms with Crippen molar-refractivity contribution >= 4 is 5.97 Å². The molecule has 128 valence electrons. The molecular weight excluding hydrogens is 272 g/mol. The van der Waals surface area contributed by atoms with Crippen LogP contribution in [0.4, 0.5) is 0 Å². The maximum atomic E-state index is 11.3. The fourth-order valence-electron chi connectivity index (χ4n) is 3.14. The number of carbonyl (C=O) groups is 1. The molecular formula is C20H36O2. The van der Waals surface area contributed by atoms with Gasteiger partial charge in [-0.2, -0.15) is 0 Å². The van der Waals surface area contributed by atoms with Crippen molar-refractivity contribution in [2.24, 2.45) is 5.92 Å². The third-order valence-electron chi connectivity index (χ3n) is 4.67. The van der Waals surface area contributed by atoms with E-state index in [1.807, 2.05) is 6.08 Å². The molecule has 0 amide bonds. The van der Waals surface area contributed by atoms with E-state index in [1.54, 1.807) is 0 Å². The molecule has 22 heavy (non-hydrogen) atoms. The predicted octanol–water partition coefficient (Wildman–Crippen LogP) is 6.54. The number of cyclic esters (lactones) is 1. The molecule has 0 aromatic carbocycles. The van der Waals surface area contributed by atoms with Crippen molar-refractivity contribution in [3.63, 3.8) is 0 Å². The SMILES string of the molecule is CCCCCCCCCCCCCCCCC1C=COC1=O. The van der Waals surface area contributed by atoms with E-state index in [4.69, 9.17) is 4.74 Å². The van der Waals surface area contributed by atoms with Crippen LogP contribution in [-0.2, 0) is 9.53 Å². The standard InChI is InChI=1S/C20H36O2/c1-2-3-4-5-6-7-8-9-10-11-12-13-14-15-16-19-17-18-22-20(19)21/h17-19H,2-16H2,1H3. The summed E-state index contributed by atoms with van der Waals surface area (Å²) in [6, 6.07) is 0. The highest BCUT2D eigenvalue weighted by atomic mass is 16.5. The highest BCUT2D eigenvalue weighted by Crippen LogP contribution is 2.19. The number of carbonyl (C=O) groups excluding carboxylic acids is 1. The van der Waals surface area contributed by atoms with Crippen molar-refractivity contribution in [1.82, 2.24) is 0 Å². The molecule has 1 unspecified atom stereocenters. The number of rotatable bonds is 15. The van der Waals surface area contributed by atoms with Crippen molar-refractivity contribution in [2.45, 2.75) is 103 Å². The second-order valence-corrected chi connectivity index (χ2v) is 6.76. The van der Waals surface area contributed by atoms with Gasteiger partial charge in [0.1, 0.15) is 0 Å². The van der Waals surface area contributed by atoms with Gasteiger partial charge in [0.15, 0.2) is 0 Å². The Kier molecular flexibility index (Phi) is 12.1. The number of ether oxygens (including phenoxy) is 1. The smallest absolute Gasteiger partial charge is 0.317 e. The van der Waals surface area contributed by atoms with Gasteiger partial charge in [0.05, 0.1) is 12.2 Å². The molecule has 1 rings (SSSR count).